The van der Waals surface area contributed by atoms with Crippen molar-refractivity contribution in [2.24, 2.45) is 5.10 Å². The van der Waals surface area contributed by atoms with E-state index in [0.717, 1.165) is 0 Å². The molecule has 0 aromatic heterocycles. The SMILES string of the molecule is C/C(=N/NC(=O)c1cc([N+](=O)[O-])ccc1C)[P-]S.[Na+]. The van der Waals surface area contributed by atoms with Crippen LogP contribution in [-0.2, 0) is 0 Å². The molecule has 0 aliphatic rings. The fourth-order valence-corrected chi connectivity index (χ4v) is 1.41. The van der Waals surface area contributed by atoms with E-state index in [-0.39, 0.29) is 40.8 Å². The standard InChI is InChI=1S/C10H11N3O3PS.Na/c1-6-3-4-8(13(15)16)5-9(6)10(14)12-11-7(2)17-18;/h3-5,18H,1-2H3,(H,12,14);/q-1;+1/b11-7-;. The van der Waals surface area contributed by atoms with Crippen molar-refractivity contribution >= 4 is 37.1 Å². The minimum absolute atomic E-state index is 0. The number of nitro groups is 1. The third kappa shape index (κ3) is 5.58. The second-order valence-corrected chi connectivity index (χ2v) is 4.90. The number of hydrogen-bond acceptors (Lipinski definition) is 5. The average molecular weight is 307 g/mol. The van der Waals surface area contributed by atoms with Crippen molar-refractivity contribution in [1.29, 1.82) is 0 Å². The molecule has 1 aromatic carbocycles. The van der Waals surface area contributed by atoms with Gasteiger partial charge in [0, 0.05) is 12.1 Å². The fourth-order valence-electron chi connectivity index (χ4n) is 1.18. The molecule has 1 aromatic rings. The smallest absolute Gasteiger partial charge is 0.423 e. The average Bonchev–Trinajstić information content (AvgIpc) is 2.35. The Hall–Kier alpha value is -0.460. The predicted molar refractivity (Wildman–Crippen MR) is 74.3 cm³/mol. The van der Waals surface area contributed by atoms with Gasteiger partial charge in [-0.3, -0.25) is 14.9 Å². The first-order valence-electron chi connectivity index (χ1n) is 4.90. The summed E-state index contributed by atoms with van der Waals surface area (Å²) >= 11 is 3.97. The van der Waals surface area contributed by atoms with Gasteiger partial charge in [-0.1, -0.05) is 13.0 Å². The molecule has 9 heteroatoms. The van der Waals surface area contributed by atoms with Crippen molar-refractivity contribution < 1.29 is 39.3 Å². The molecule has 0 heterocycles. The predicted octanol–water partition coefficient (Wildman–Crippen LogP) is -0.239. The molecule has 96 valence electrons. The number of amides is 1. The van der Waals surface area contributed by atoms with Crippen LogP contribution >= 0.6 is 20.0 Å². The topological polar surface area (TPSA) is 84.6 Å². The summed E-state index contributed by atoms with van der Waals surface area (Å²) < 4.78 is 0. The summed E-state index contributed by atoms with van der Waals surface area (Å²) in [5.74, 6) is -0.479. The molecule has 6 nitrogen and oxygen atoms in total. The van der Waals surface area contributed by atoms with Crippen molar-refractivity contribution in [3.05, 3.63) is 39.4 Å². The van der Waals surface area contributed by atoms with E-state index >= 15 is 0 Å². The number of carbonyl (C=O) groups excluding carboxylic acids is 1. The third-order valence-electron chi connectivity index (χ3n) is 2.14. The number of nitro benzene ring substituents is 1. The molecule has 0 fully saturated rings. The molecule has 0 saturated carbocycles. The van der Waals surface area contributed by atoms with Crippen LogP contribution < -0.4 is 35.0 Å². The van der Waals surface area contributed by atoms with Crippen LogP contribution in [0.15, 0.2) is 23.3 Å². The van der Waals surface area contributed by atoms with Crippen LogP contribution in [0.1, 0.15) is 22.8 Å². The maximum Gasteiger partial charge on any atom is 1.00 e. The summed E-state index contributed by atoms with van der Waals surface area (Å²) in [5, 5.41) is 14.4. The van der Waals surface area contributed by atoms with Crippen LogP contribution in [0.2, 0.25) is 0 Å². The first kappa shape index (κ1) is 18.5. The second kappa shape index (κ2) is 8.66. The molecule has 19 heavy (non-hydrogen) atoms. The van der Waals surface area contributed by atoms with Gasteiger partial charge in [-0.25, -0.2) is 10.5 Å². The van der Waals surface area contributed by atoms with Gasteiger partial charge in [-0.2, -0.15) is 0 Å². The molecule has 0 bridgehead atoms. The summed E-state index contributed by atoms with van der Waals surface area (Å²) in [6, 6.07) is 4.11. The van der Waals surface area contributed by atoms with Gasteiger partial charge < -0.3 is 20.0 Å². The largest absolute Gasteiger partial charge is 1.00 e. The summed E-state index contributed by atoms with van der Waals surface area (Å²) in [6.45, 7) is 3.40. The summed E-state index contributed by atoms with van der Waals surface area (Å²) in [4.78, 5) is 21.9. The van der Waals surface area contributed by atoms with Crippen LogP contribution in [0.4, 0.5) is 5.69 Å². The van der Waals surface area contributed by atoms with Gasteiger partial charge in [-0.05, 0) is 12.5 Å². The molecule has 0 aliphatic heterocycles. The second-order valence-electron chi connectivity index (χ2n) is 3.46. The molecule has 0 atom stereocenters. The maximum absolute atomic E-state index is 11.8. The van der Waals surface area contributed by atoms with Crippen molar-refractivity contribution in [3.63, 3.8) is 0 Å². The number of hydrazone groups is 1. The van der Waals surface area contributed by atoms with Gasteiger partial charge in [0.15, 0.2) is 0 Å². The Bertz CT molecular complexity index is 525. The number of nitrogens with zero attached hydrogens (tertiary/aromatic N) is 2. The Morgan fingerprint density at radius 2 is 2.16 bits per heavy atom. The Morgan fingerprint density at radius 1 is 1.53 bits per heavy atom. The zero-order valence-corrected chi connectivity index (χ0v) is 14.5. The van der Waals surface area contributed by atoms with Gasteiger partial charge in [-0.15, -0.1) is 5.45 Å². The van der Waals surface area contributed by atoms with Gasteiger partial charge >= 0.3 is 29.6 Å². The van der Waals surface area contributed by atoms with E-state index in [9.17, 15) is 14.9 Å². The van der Waals surface area contributed by atoms with Gasteiger partial charge in [0.25, 0.3) is 11.6 Å². The molecule has 1 rings (SSSR count). The molecule has 0 unspecified atom stereocenters. The van der Waals surface area contributed by atoms with E-state index in [1.165, 1.54) is 18.2 Å². The molecular formula is C10H11N3NaO3PS. The van der Waals surface area contributed by atoms with E-state index in [1.54, 1.807) is 13.8 Å². The Balaban J connectivity index is 0.00000324. The molecular weight excluding hydrogens is 296 g/mol. The number of hydrogen-bond donors (Lipinski definition) is 2. The minimum atomic E-state index is -0.545. The Morgan fingerprint density at radius 3 is 2.68 bits per heavy atom. The van der Waals surface area contributed by atoms with E-state index in [1.807, 2.05) is 0 Å². The van der Waals surface area contributed by atoms with E-state index in [2.05, 4.69) is 22.8 Å². The number of non-ortho nitro benzene ring substituents is 1. The number of benzene rings is 1. The quantitative estimate of drug-likeness (QED) is 0.201. The molecule has 0 radical (unpaired) electrons. The van der Waals surface area contributed by atoms with Crippen molar-refractivity contribution in [3.8, 4) is 0 Å². The molecule has 0 spiro atoms. The number of nitrogens with one attached hydrogen (secondary N) is 1. The number of carbonyl (C=O) groups is 1. The van der Waals surface area contributed by atoms with Crippen LogP contribution in [0, 0.1) is 17.0 Å². The van der Waals surface area contributed by atoms with E-state index < -0.39 is 10.8 Å². The fraction of sp³-hybridized carbons (Fsp3) is 0.200. The monoisotopic (exact) mass is 307 g/mol. The molecule has 0 saturated heterocycles. The molecule has 0 aliphatic carbocycles. The number of thiol groups is 1. The van der Waals surface area contributed by atoms with Crippen LogP contribution in [0.3, 0.4) is 0 Å². The van der Waals surface area contributed by atoms with Crippen LogP contribution in [0.25, 0.3) is 0 Å². The van der Waals surface area contributed by atoms with Crippen molar-refractivity contribution in [2.75, 3.05) is 0 Å². The Kier molecular flexibility index (Phi) is 8.45. The zero-order valence-electron chi connectivity index (χ0n) is 10.7. The third-order valence-corrected chi connectivity index (χ3v) is 3.40. The summed E-state index contributed by atoms with van der Waals surface area (Å²) in [6.07, 6.45) is 0. The van der Waals surface area contributed by atoms with Crippen LogP contribution in [-0.4, -0.2) is 16.3 Å². The number of rotatable bonds is 4. The Labute approximate surface area is 139 Å². The van der Waals surface area contributed by atoms with Crippen molar-refractivity contribution in [1.82, 2.24) is 5.43 Å². The normalized spacial score (nSPS) is 11.2. The van der Waals surface area contributed by atoms with E-state index in [0.29, 0.717) is 18.8 Å². The summed E-state index contributed by atoms with van der Waals surface area (Å²) in [5.41, 5.74) is 3.70. The van der Waals surface area contributed by atoms with Gasteiger partial charge in [0.2, 0.25) is 0 Å². The van der Waals surface area contributed by atoms with Crippen LogP contribution in [0.5, 0.6) is 0 Å². The first-order chi connectivity index (χ1) is 8.45. The van der Waals surface area contributed by atoms with Gasteiger partial charge in [0.1, 0.15) is 0 Å². The molecule has 1 amide bonds. The molecule has 1 N–H and O–H groups in total. The summed E-state index contributed by atoms with van der Waals surface area (Å²) in [7, 11) is 0.648. The van der Waals surface area contributed by atoms with Gasteiger partial charge in [0.05, 0.1) is 10.5 Å². The first-order valence-corrected chi connectivity index (χ1v) is 6.95. The van der Waals surface area contributed by atoms with E-state index in [4.69, 9.17) is 0 Å². The maximum atomic E-state index is 11.8. The number of aryl methyl sites for hydroxylation is 1. The zero-order chi connectivity index (χ0) is 13.7. The van der Waals surface area contributed by atoms with Crippen molar-refractivity contribution in [2.45, 2.75) is 13.8 Å². The minimum Gasteiger partial charge on any atom is -0.423 e.